The highest BCUT2D eigenvalue weighted by atomic mass is 16.5. The molecule has 0 fully saturated rings. The van der Waals surface area contributed by atoms with Gasteiger partial charge in [-0.3, -0.25) is 9.59 Å². The molecule has 0 saturated carbocycles. The summed E-state index contributed by atoms with van der Waals surface area (Å²) in [5.74, 6) is -2.56. The molecule has 2 N–H and O–H groups in total. The van der Waals surface area contributed by atoms with Crippen LogP contribution in [0.3, 0.4) is 0 Å². The Morgan fingerprint density at radius 2 is 1.91 bits per heavy atom. The number of hydrogen-bond donors (Lipinski definition) is 2. The lowest BCUT2D eigenvalue weighted by molar-refractivity contribution is -0.155. The number of carbonyl (C=O) groups excluding carboxylic acids is 1. The van der Waals surface area contributed by atoms with E-state index in [2.05, 4.69) is 5.32 Å². The number of rotatable bonds is 5. The highest BCUT2D eigenvalue weighted by Crippen LogP contribution is 2.32. The number of amides is 1. The topological polar surface area (TPSA) is 84.9 Å². The average Bonchev–Trinajstić information content (AvgIpc) is 2.54. The molecule has 0 bridgehead atoms. The number of aliphatic carboxylic acids is 1. The number of methoxy groups -OCH3 is 2. The predicted octanol–water partition coefficient (Wildman–Crippen LogP) is 1.81. The smallest absolute Gasteiger partial charge is 0.314 e. The minimum absolute atomic E-state index is 0.368. The fraction of sp³-hybridized carbons (Fsp3) is 0.250. The van der Waals surface area contributed by atoms with Crippen molar-refractivity contribution < 1.29 is 24.2 Å². The quantitative estimate of drug-likeness (QED) is 0.866. The van der Waals surface area contributed by atoms with Gasteiger partial charge in [-0.25, -0.2) is 0 Å². The summed E-state index contributed by atoms with van der Waals surface area (Å²) >= 11 is 0. The molecule has 2 rings (SSSR count). The zero-order chi connectivity index (χ0) is 16.2. The highest BCUT2D eigenvalue weighted by Gasteiger charge is 2.49. The summed E-state index contributed by atoms with van der Waals surface area (Å²) in [7, 11) is 2.73. The largest absolute Gasteiger partial charge is 0.497 e. The van der Waals surface area contributed by atoms with Crippen molar-refractivity contribution in [2.45, 2.75) is 5.60 Å². The average molecular weight is 303 g/mol. The summed E-state index contributed by atoms with van der Waals surface area (Å²) in [6.07, 6.45) is 4.28. The van der Waals surface area contributed by atoms with Crippen LogP contribution in [0.2, 0.25) is 0 Å². The second kappa shape index (κ2) is 6.44. The van der Waals surface area contributed by atoms with Gasteiger partial charge in [0, 0.05) is 12.8 Å². The minimum atomic E-state index is -1.64. The predicted molar refractivity (Wildman–Crippen MR) is 80.2 cm³/mol. The van der Waals surface area contributed by atoms with Crippen LogP contribution in [0.5, 0.6) is 0 Å². The maximum absolute atomic E-state index is 12.6. The molecule has 0 aliphatic heterocycles. The molecular weight excluding hydrogens is 286 g/mol. The fourth-order valence-corrected chi connectivity index (χ4v) is 2.30. The van der Waals surface area contributed by atoms with E-state index in [1.165, 1.54) is 32.4 Å². The third kappa shape index (κ3) is 2.87. The van der Waals surface area contributed by atoms with E-state index in [1.54, 1.807) is 24.3 Å². The van der Waals surface area contributed by atoms with Crippen molar-refractivity contribution in [1.29, 1.82) is 0 Å². The Balaban J connectivity index is 2.34. The molecule has 2 unspecified atom stereocenters. The second-order valence-corrected chi connectivity index (χ2v) is 4.74. The van der Waals surface area contributed by atoms with E-state index in [1.807, 2.05) is 6.07 Å². The molecule has 0 saturated heterocycles. The van der Waals surface area contributed by atoms with Gasteiger partial charge in [0.2, 0.25) is 0 Å². The third-order valence-corrected chi connectivity index (χ3v) is 3.51. The van der Waals surface area contributed by atoms with Gasteiger partial charge in [0.05, 0.1) is 7.11 Å². The van der Waals surface area contributed by atoms with Gasteiger partial charge in [0.15, 0.2) is 5.60 Å². The van der Waals surface area contributed by atoms with Gasteiger partial charge in [-0.2, -0.15) is 0 Å². The first kappa shape index (κ1) is 15.8. The van der Waals surface area contributed by atoms with Gasteiger partial charge in [-0.1, -0.05) is 18.2 Å². The van der Waals surface area contributed by atoms with Crippen molar-refractivity contribution in [3.8, 4) is 0 Å². The Kier molecular flexibility index (Phi) is 4.62. The normalized spacial score (nSPS) is 23.5. The molecule has 0 radical (unpaired) electrons. The first-order valence-electron chi connectivity index (χ1n) is 6.63. The molecule has 1 aliphatic rings. The molecule has 6 heteroatoms. The molecule has 22 heavy (non-hydrogen) atoms. The molecule has 2 atom stereocenters. The summed E-state index contributed by atoms with van der Waals surface area (Å²) in [5, 5.41) is 12.1. The monoisotopic (exact) mass is 303 g/mol. The Hall–Kier alpha value is -2.60. The number of allylic oxidation sites excluding steroid dienone is 1. The molecule has 1 amide bonds. The molecule has 1 aromatic carbocycles. The SMILES string of the molecule is COC1=CC(C(=O)O)C(OC)(C(=O)Nc2ccccc2)C=C1. The standard InChI is InChI=1S/C16H17NO5/c1-21-12-8-9-16(22-2,13(10-12)14(18)19)15(20)17-11-6-4-3-5-7-11/h3-10,13H,1-2H3,(H,17,20)(H,18,19). The number of anilines is 1. The lowest BCUT2D eigenvalue weighted by atomic mass is 9.82. The van der Waals surface area contributed by atoms with Gasteiger partial charge in [-0.15, -0.1) is 0 Å². The third-order valence-electron chi connectivity index (χ3n) is 3.51. The molecular formula is C16H17NO5. The number of nitrogens with one attached hydrogen (secondary N) is 1. The minimum Gasteiger partial charge on any atom is -0.497 e. The molecule has 1 aliphatic carbocycles. The highest BCUT2D eigenvalue weighted by molar-refractivity contribution is 6.02. The molecule has 116 valence electrons. The molecule has 1 aromatic rings. The number of carbonyl (C=O) groups is 2. The van der Waals surface area contributed by atoms with Crippen LogP contribution >= 0.6 is 0 Å². The maximum Gasteiger partial charge on any atom is 0.314 e. The van der Waals surface area contributed by atoms with Crippen LogP contribution in [0.15, 0.2) is 54.3 Å². The second-order valence-electron chi connectivity index (χ2n) is 4.74. The Labute approximate surface area is 128 Å². The maximum atomic E-state index is 12.6. The van der Waals surface area contributed by atoms with E-state index < -0.39 is 23.4 Å². The first-order valence-corrected chi connectivity index (χ1v) is 6.63. The van der Waals surface area contributed by atoms with Crippen molar-refractivity contribution >= 4 is 17.6 Å². The number of para-hydroxylation sites is 1. The van der Waals surface area contributed by atoms with Crippen molar-refractivity contribution in [3.63, 3.8) is 0 Å². The molecule has 0 heterocycles. The van der Waals surface area contributed by atoms with Gasteiger partial charge in [-0.05, 0) is 30.4 Å². The molecule has 6 nitrogen and oxygen atoms in total. The lowest BCUT2D eigenvalue weighted by Gasteiger charge is -2.34. The van der Waals surface area contributed by atoms with Crippen LogP contribution in [-0.4, -0.2) is 36.8 Å². The zero-order valence-corrected chi connectivity index (χ0v) is 12.3. The summed E-state index contributed by atoms with van der Waals surface area (Å²) in [5.41, 5.74) is -1.08. The van der Waals surface area contributed by atoms with Crippen molar-refractivity contribution in [2.75, 3.05) is 19.5 Å². The van der Waals surface area contributed by atoms with Gasteiger partial charge in [0.1, 0.15) is 11.7 Å². The van der Waals surface area contributed by atoms with Crippen molar-refractivity contribution in [1.82, 2.24) is 0 Å². The summed E-state index contributed by atoms with van der Waals surface area (Å²) in [6.45, 7) is 0. The first-order chi connectivity index (χ1) is 10.5. The zero-order valence-electron chi connectivity index (χ0n) is 12.3. The van der Waals surface area contributed by atoms with Gasteiger partial charge in [0.25, 0.3) is 5.91 Å². The van der Waals surface area contributed by atoms with Crippen LogP contribution in [0, 0.1) is 5.92 Å². The van der Waals surface area contributed by atoms with E-state index in [0.29, 0.717) is 11.4 Å². The fourth-order valence-electron chi connectivity index (χ4n) is 2.30. The number of benzene rings is 1. The summed E-state index contributed by atoms with van der Waals surface area (Å²) < 4.78 is 10.3. The van der Waals surface area contributed by atoms with E-state index in [0.717, 1.165) is 0 Å². The molecule has 0 spiro atoms. The van der Waals surface area contributed by atoms with Crippen LogP contribution in [0.25, 0.3) is 0 Å². The van der Waals surface area contributed by atoms with Crippen LogP contribution in [-0.2, 0) is 19.1 Å². The van der Waals surface area contributed by atoms with E-state index in [4.69, 9.17) is 9.47 Å². The number of carboxylic acid groups (broad SMARTS) is 1. The van der Waals surface area contributed by atoms with Gasteiger partial charge >= 0.3 is 5.97 Å². The molecule has 0 aromatic heterocycles. The Morgan fingerprint density at radius 3 is 2.45 bits per heavy atom. The summed E-state index contributed by atoms with van der Waals surface area (Å²) in [4.78, 5) is 24.2. The number of ether oxygens (including phenoxy) is 2. The van der Waals surface area contributed by atoms with Crippen LogP contribution in [0.4, 0.5) is 5.69 Å². The van der Waals surface area contributed by atoms with Crippen LogP contribution in [0.1, 0.15) is 0 Å². The van der Waals surface area contributed by atoms with Crippen LogP contribution < -0.4 is 5.32 Å². The number of hydrogen-bond acceptors (Lipinski definition) is 4. The lowest BCUT2D eigenvalue weighted by Crippen LogP contribution is -2.52. The Bertz CT molecular complexity index is 623. The van der Waals surface area contributed by atoms with Gasteiger partial charge < -0.3 is 19.9 Å². The van der Waals surface area contributed by atoms with E-state index in [9.17, 15) is 14.7 Å². The Morgan fingerprint density at radius 1 is 1.23 bits per heavy atom. The van der Waals surface area contributed by atoms with E-state index >= 15 is 0 Å². The van der Waals surface area contributed by atoms with Crippen molar-refractivity contribution in [3.05, 3.63) is 54.3 Å². The van der Waals surface area contributed by atoms with E-state index in [-0.39, 0.29) is 0 Å². The summed E-state index contributed by atoms with van der Waals surface area (Å²) in [6, 6.07) is 8.77. The number of carboxylic acids is 1. The van der Waals surface area contributed by atoms with Crippen molar-refractivity contribution in [2.24, 2.45) is 5.92 Å².